The van der Waals surface area contributed by atoms with Gasteiger partial charge in [0.2, 0.25) is 0 Å². The molecule has 2 aromatic rings. The molecule has 0 heterocycles. The predicted octanol–water partition coefficient (Wildman–Crippen LogP) is 3.13. The van der Waals surface area contributed by atoms with Crippen LogP contribution in [-0.4, -0.2) is 10.8 Å². The molecule has 0 saturated heterocycles. The van der Waals surface area contributed by atoms with Crippen LogP contribution in [0.4, 0.5) is 20.2 Å². The first-order valence-electron chi connectivity index (χ1n) is 5.48. The number of hydrogen-bond donors (Lipinski definition) is 1. The lowest BCUT2D eigenvalue weighted by Gasteiger charge is -2.06. The number of nitrogens with zero attached hydrogens (tertiary/aromatic N) is 1. The van der Waals surface area contributed by atoms with Crippen LogP contribution in [0.3, 0.4) is 0 Å². The van der Waals surface area contributed by atoms with E-state index in [0.29, 0.717) is 6.07 Å². The van der Waals surface area contributed by atoms with Crippen LogP contribution < -0.4 is 5.32 Å². The van der Waals surface area contributed by atoms with E-state index >= 15 is 0 Å². The first-order chi connectivity index (χ1) is 9.47. The average molecular weight is 278 g/mol. The van der Waals surface area contributed by atoms with Gasteiger partial charge in [-0.05, 0) is 30.3 Å². The minimum atomic E-state index is -0.922. The highest BCUT2D eigenvalue weighted by Crippen LogP contribution is 2.21. The lowest BCUT2D eigenvalue weighted by Crippen LogP contribution is -2.13. The van der Waals surface area contributed by atoms with Crippen molar-refractivity contribution < 1.29 is 18.5 Å². The second-order valence-electron chi connectivity index (χ2n) is 3.88. The SMILES string of the molecule is O=C(Nc1ccc([N+](=O)[O-])cc1F)c1ccc(F)cc1. The summed E-state index contributed by atoms with van der Waals surface area (Å²) in [6.07, 6.45) is 0. The summed E-state index contributed by atoms with van der Waals surface area (Å²) >= 11 is 0. The molecule has 0 aliphatic heterocycles. The van der Waals surface area contributed by atoms with E-state index in [1.165, 1.54) is 12.1 Å². The Morgan fingerprint density at radius 2 is 1.75 bits per heavy atom. The molecule has 2 aromatic carbocycles. The molecule has 102 valence electrons. The fourth-order valence-corrected chi connectivity index (χ4v) is 1.51. The van der Waals surface area contributed by atoms with E-state index in [1.807, 2.05) is 0 Å². The van der Waals surface area contributed by atoms with E-state index < -0.39 is 28.2 Å². The zero-order valence-electron chi connectivity index (χ0n) is 9.97. The van der Waals surface area contributed by atoms with Crippen molar-refractivity contribution in [1.29, 1.82) is 0 Å². The normalized spacial score (nSPS) is 10.1. The van der Waals surface area contributed by atoms with Gasteiger partial charge in [-0.25, -0.2) is 8.78 Å². The first kappa shape index (κ1) is 13.6. The van der Waals surface area contributed by atoms with Crippen LogP contribution in [-0.2, 0) is 0 Å². The van der Waals surface area contributed by atoms with Crippen LogP contribution in [0, 0.1) is 21.7 Å². The maximum absolute atomic E-state index is 13.6. The van der Waals surface area contributed by atoms with Gasteiger partial charge >= 0.3 is 0 Å². The van der Waals surface area contributed by atoms with E-state index in [2.05, 4.69) is 5.32 Å². The highest BCUT2D eigenvalue weighted by molar-refractivity contribution is 6.04. The van der Waals surface area contributed by atoms with E-state index in [4.69, 9.17) is 0 Å². The van der Waals surface area contributed by atoms with Crippen molar-refractivity contribution in [3.05, 3.63) is 69.8 Å². The Morgan fingerprint density at radius 3 is 2.30 bits per heavy atom. The Bertz CT molecular complexity index is 672. The van der Waals surface area contributed by atoms with Crippen molar-refractivity contribution in [3.63, 3.8) is 0 Å². The molecule has 0 atom stereocenters. The third kappa shape index (κ3) is 2.94. The van der Waals surface area contributed by atoms with E-state index in [9.17, 15) is 23.7 Å². The topological polar surface area (TPSA) is 72.2 Å². The molecule has 0 saturated carbocycles. The number of nitro groups is 1. The molecule has 0 aliphatic rings. The van der Waals surface area contributed by atoms with Gasteiger partial charge in [-0.1, -0.05) is 0 Å². The Morgan fingerprint density at radius 1 is 1.10 bits per heavy atom. The summed E-state index contributed by atoms with van der Waals surface area (Å²) in [4.78, 5) is 21.5. The molecular weight excluding hydrogens is 270 g/mol. The standard InChI is InChI=1S/C13H8F2N2O3/c14-9-3-1-8(2-4-9)13(18)16-12-6-5-10(17(19)20)7-11(12)15/h1-7H,(H,16,18). The largest absolute Gasteiger partial charge is 0.319 e. The lowest BCUT2D eigenvalue weighted by atomic mass is 10.2. The molecule has 0 fully saturated rings. The summed E-state index contributed by atoms with van der Waals surface area (Å²) in [7, 11) is 0. The van der Waals surface area contributed by atoms with Crippen LogP contribution in [0.5, 0.6) is 0 Å². The molecule has 0 spiro atoms. The second-order valence-corrected chi connectivity index (χ2v) is 3.88. The van der Waals surface area contributed by atoms with Crippen LogP contribution in [0.2, 0.25) is 0 Å². The van der Waals surface area contributed by atoms with Gasteiger partial charge in [0.05, 0.1) is 16.7 Å². The number of rotatable bonds is 3. The van der Waals surface area contributed by atoms with Gasteiger partial charge in [-0.2, -0.15) is 0 Å². The number of hydrogen-bond acceptors (Lipinski definition) is 3. The molecule has 7 heteroatoms. The van der Waals surface area contributed by atoms with Crippen LogP contribution >= 0.6 is 0 Å². The molecule has 20 heavy (non-hydrogen) atoms. The summed E-state index contributed by atoms with van der Waals surface area (Å²) in [5.41, 5.74) is -0.462. The van der Waals surface area contributed by atoms with Gasteiger partial charge in [0.25, 0.3) is 11.6 Å². The van der Waals surface area contributed by atoms with Crippen molar-refractivity contribution in [2.75, 3.05) is 5.32 Å². The summed E-state index contributed by atoms with van der Waals surface area (Å²) < 4.78 is 26.3. The molecule has 0 aliphatic carbocycles. The molecule has 0 bridgehead atoms. The number of nitro benzene ring substituents is 1. The molecule has 1 amide bonds. The molecular formula is C13H8F2N2O3. The number of anilines is 1. The van der Waals surface area contributed by atoms with Crippen LogP contribution in [0.15, 0.2) is 42.5 Å². The third-order valence-corrected chi connectivity index (χ3v) is 2.52. The zero-order chi connectivity index (χ0) is 14.7. The maximum Gasteiger partial charge on any atom is 0.272 e. The van der Waals surface area contributed by atoms with Gasteiger partial charge in [-0.15, -0.1) is 0 Å². The van der Waals surface area contributed by atoms with Gasteiger partial charge in [0.15, 0.2) is 5.82 Å². The van der Waals surface area contributed by atoms with Gasteiger partial charge in [-0.3, -0.25) is 14.9 Å². The van der Waals surface area contributed by atoms with Crippen molar-refractivity contribution in [1.82, 2.24) is 0 Å². The number of non-ortho nitro benzene ring substituents is 1. The third-order valence-electron chi connectivity index (χ3n) is 2.52. The fraction of sp³-hybridized carbons (Fsp3) is 0. The van der Waals surface area contributed by atoms with Crippen molar-refractivity contribution in [3.8, 4) is 0 Å². The Balaban J connectivity index is 2.19. The van der Waals surface area contributed by atoms with Gasteiger partial charge in [0, 0.05) is 11.6 Å². The monoisotopic (exact) mass is 278 g/mol. The quantitative estimate of drug-likeness (QED) is 0.692. The van der Waals surface area contributed by atoms with Crippen molar-refractivity contribution in [2.45, 2.75) is 0 Å². The van der Waals surface area contributed by atoms with Crippen LogP contribution in [0.25, 0.3) is 0 Å². The summed E-state index contributed by atoms with van der Waals surface area (Å²) in [6, 6.07) is 7.56. The van der Waals surface area contributed by atoms with Crippen LogP contribution in [0.1, 0.15) is 10.4 Å². The van der Waals surface area contributed by atoms with Gasteiger partial charge < -0.3 is 5.32 Å². The Kier molecular flexibility index (Phi) is 3.69. The predicted molar refractivity (Wildman–Crippen MR) is 67.4 cm³/mol. The number of amides is 1. The Hall–Kier alpha value is -2.83. The van der Waals surface area contributed by atoms with E-state index in [0.717, 1.165) is 24.3 Å². The van der Waals surface area contributed by atoms with E-state index in [-0.39, 0.29) is 11.3 Å². The second kappa shape index (κ2) is 5.43. The number of nitrogens with one attached hydrogen (secondary N) is 1. The maximum atomic E-state index is 13.6. The number of carbonyl (C=O) groups is 1. The van der Waals surface area contributed by atoms with E-state index in [1.54, 1.807) is 0 Å². The molecule has 2 rings (SSSR count). The number of benzene rings is 2. The molecule has 1 N–H and O–H groups in total. The van der Waals surface area contributed by atoms with Gasteiger partial charge in [0.1, 0.15) is 5.82 Å². The summed E-state index contributed by atoms with van der Waals surface area (Å²) in [5, 5.41) is 12.7. The summed E-state index contributed by atoms with van der Waals surface area (Å²) in [5.74, 6) is -2.06. The molecule has 0 unspecified atom stereocenters. The van der Waals surface area contributed by atoms with Crippen molar-refractivity contribution in [2.24, 2.45) is 0 Å². The number of carbonyl (C=O) groups excluding carboxylic acids is 1. The highest BCUT2D eigenvalue weighted by Gasteiger charge is 2.13. The Labute approximate surface area is 112 Å². The molecule has 5 nitrogen and oxygen atoms in total. The van der Waals surface area contributed by atoms with Crippen molar-refractivity contribution >= 4 is 17.3 Å². The molecule has 0 radical (unpaired) electrons. The molecule has 0 aromatic heterocycles. The smallest absolute Gasteiger partial charge is 0.272 e. The first-order valence-corrected chi connectivity index (χ1v) is 5.48. The summed E-state index contributed by atoms with van der Waals surface area (Å²) in [6.45, 7) is 0. The minimum Gasteiger partial charge on any atom is -0.319 e. The number of halogens is 2. The fourth-order valence-electron chi connectivity index (χ4n) is 1.51. The average Bonchev–Trinajstić information content (AvgIpc) is 2.41. The lowest BCUT2D eigenvalue weighted by molar-refractivity contribution is -0.385. The minimum absolute atomic E-state index is 0.143. The zero-order valence-corrected chi connectivity index (χ0v) is 9.97. The highest BCUT2D eigenvalue weighted by atomic mass is 19.1.